The molecule has 0 aromatic heterocycles. The molecule has 0 heteroatoms. The minimum Gasteiger partial charge on any atom is -0.0645 e. The van der Waals surface area contributed by atoms with Gasteiger partial charge in [-0.05, 0) is 59.1 Å². The predicted octanol–water partition coefficient (Wildman–Crippen LogP) is 8.56. The summed E-state index contributed by atoms with van der Waals surface area (Å²) in [5.74, 6) is 0.908. The fourth-order valence-corrected chi connectivity index (χ4v) is 5.11. The summed E-state index contributed by atoms with van der Waals surface area (Å²) in [5, 5.41) is 0. The zero-order valence-corrected chi connectivity index (χ0v) is 19.4. The molecule has 2 unspecified atom stereocenters. The lowest BCUT2D eigenvalue weighted by atomic mass is 9.82. The van der Waals surface area contributed by atoms with Crippen LogP contribution < -0.4 is 0 Å². The molecule has 0 radical (unpaired) electrons. The maximum absolute atomic E-state index is 2.33. The van der Waals surface area contributed by atoms with E-state index in [1.54, 1.807) is 0 Å². The highest BCUT2D eigenvalue weighted by molar-refractivity contribution is 5.41. The van der Waals surface area contributed by atoms with Crippen LogP contribution in [0.15, 0.2) is 109 Å². The minimum absolute atomic E-state index is 0.454. The topological polar surface area (TPSA) is 0 Å². The molecule has 0 aliphatic rings. The summed E-state index contributed by atoms with van der Waals surface area (Å²) < 4.78 is 0. The van der Waals surface area contributed by atoms with Gasteiger partial charge in [-0.15, -0.1) is 0 Å². The van der Waals surface area contributed by atoms with Crippen LogP contribution in [0.2, 0.25) is 0 Å². The van der Waals surface area contributed by atoms with E-state index in [4.69, 9.17) is 0 Å². The van der Waals surface area contributed by atoms with Gasteiger partial charge < -0.3 is 0 Å². The first kappa shape index (κ1) is 22.1. The molecule has 0 bridgehead atoms. The molecule has 0 nitrogen and oxygen atoms in total. The summed E-state index contributed by atoms with van der Waals surface area (Å²) >= 11 is 0. The van der Waals surface area contributed by atoms with E-state index in [1.807, 2.05) is 0 Å². The summed E-state index contributed by atoms with van der Waals surface area (Å²) in [7, 11) is 0. The second-order valence-corrected chi connectivity index (χ2v) is 8.64. The van der Waals surface area contributed by atoms with Crippen LogP contribution in [0.4, 0.5) is 0 Å². The molecule has 0 heterocycles. The van der Waals surface area contributed by atoms with Crippen LogP contribution in [0, 0.1) is 0 Å². The van der Waals surface area contributed by atoms with Crippen molar-refractivity contribution in [3.8, 4) is 0 Å². The van der Waals surface area contributed by atoms with E-state index >= 15 is 0 Å². The highest BCUT2D eigenvalue weighted by Gasteiger charge is 2.18. The molecular weight excluding hydrogens is 384 g/mol. The van der Waals surface area contributed by atoms with E-state index in [9.17, 15) is 0 Å². The Balaban J connectivity index is 1.61. The predicted molar refractivity (Wildman–Crippen MR) is 137 cm³/mol. The Hall–Kier alpha value is -3.12. The largest absolute Gasteiger partial charge is 0.0645 e. The van der Waals surface area contributed by atoms with Crippen LogP contribution >= 0.6 is 0 Å². The molecule has 4 rings (SSSR count). The monoisotopic (exact) mass is 418 g/mol. The van der Waals surface area contributed by atoms with Crippen LogP contribution in [0.1, 0.15) is 71.9 Å². The quantitative estimate of drug-likeness (QED) is 0.255. The van der Waals surface area contributed by atoms with Gasteiger partial charge in [0.15, 0.2) is 0 Å². The highest BCUT2D eigenvalue weighted by Crippen LogP contribution is 2.33. The maximum atomic E-state index is 2.33. The molecule has 0 amide bonds. The number of aryl methyl sites for hydroxylation is 2. The molecule has 32 heavy (non-hydrogen) atoms. The lowest BCUT2D eigenvalue weighted by Crippen LogP contribution is -2.07. The second-order valence-electron chi connectivity index (χ2n) is 8.64. The fraction of sp³-hybridized carbons (Fsp3) is 0.250. The average molecular weight is 419 g/mol. The Morgan fingerprint density at radius 3 is 1.16 bits per heavy atom. The van der Waals surface area contributed by atoms with Crippen molar-refractivity contribution < 1.29 is 0 Å². The molecule has 0 fully saturated rings. The number of benzene rings is 4. The Morgan fingerprint density at radius 2 is 0.781 bits per heavy atom. The Bertz CT molecular complexity index is 1000. The van der Waals surface area contributed by atoms with Gasteiger partial charge in [0.05, 0.1) is 0 Å². The second kappa shape index (κ2) is 11.0. The number of rotatable bonds is 9. The van der Waals surface area contributed by atoms with Crippen LogP contribution in [0.25, 0.3) is 0 Å². The van der Waals surface area contributed by atoms with Gasteiger partial charge in [0.2, 0.25) is 0 Å². The standard InChI is InChI=1S/C32H34/c1-3-29(25-15-7-5-8-16-25)31-21-13-11-19-27(31)23-24-28-20-12-14-22-32(28)30(4-2)26-17-9-6-10-18-26/h5-22,29-30H,3-4,23-24H2,1-2H3. The van der Waals surface area contributed by atoms with Crippen molar-refractivity contribution in [2.75, 3.05) is 0 Å². The number of hydrogen-bond donors (Lipinski definition) is 0. The van der Waals surface area contributed by atoms with Gasteiger partial charge in [-0.25, -0.2) is 0 Å². The summed E-state index contributed by atoms with van der Waals surface area (Å²) in [4.78, 5) is 0. The molecular formula is C32H34. The molecule has 0 aliphatic heterocycles. The SMILES string of the molecule is CCC(c1ccccc1)c1ccccc1CCc1ccccc1C(CC)c1ccccc1. The zero-order chi connectivity index (χ0) is 22.2. The molecule has 0 saturated heterocycles. The lowest BCUT2D eigenvalue weighted by Gasteiger charge is -2.22. The van der Waals surface area contributed by atoms with E-state index in [-0.39, 0.29) is 0 Å². The number of hydrogen-bond acceptors (Lipinski definition) is 0. The molecule has 0 aliphatic carbocycles. The van der Waals surface area contributed by atoms with Crippen molar-refractivity contribution in [1.82, 2.24) is 0 Å². The Kier molecular flexibility index (Phi) is 7.56. The van der Waals surface area contributed by atoms with Gasteiger partial charge in [0.25, 0.3) is 0 Å². The molecule has 4 aromatic carbocycles. The third-order valence-electron chi connectivity index (χ3n) is 6.75. The fourth-order valence-electron chi connectivity index (χ4n) is 5.11. The summed E-state index contributed by atoms with van der Waals surface area (Å²) in [6.45, 7) is 4.60. The average Bonchev–Trinajstić information content (AvgIpc) is 2.86. The molecule has 0 N–H and O–H groups in total. The normalized spacial score (nSPS) is 12.9. The van der Waals surface area contributed by atoms with E-state index in [2.05, 4.69) is 123 Å². The molecule has 0 saturated carbocycles. The van der Waals surface area contributed by atoms with Crippen LogP contribution in [-0.2, 0) is 12.8 Å². The van der Waals surface area contributed by atoms with Crippen LogP contribution in [0.5, 0.6) is 0 Å². The maximum Gasteiger partial charge on any atom is 0.00894 e. The molecule has 0 spiro atoms. The minimum atomic E-state index is 0.454. The van der Waals surface area contributed by atoms with Gasteiger partial charge >= 0.3 is 0 Å². The summed E-state index contributed by atoms with van der Waals surface area (Å²) in [6.07, 6.45) is 4.37. The van der Waals surface area contributed by atoms with Gasteiger partial charge in [0.1, 0.15) is 0 Å². The first-order valence-corrected chi connectivity index (χ1v) is 12.1. The first-order chi connectivity index (χ1) is 15.8. The highest BCUT2D eigenvalue weighted by atomic mass is 14.2. The Morgan fingerprint density at radius 1 is 0.438 bits per heavy atom. The molecule has 162 valence electrons. The van der Waals surface area contributed by atoms with E-state index in [0.29, 0.717) is 11.8 Å². The summed E-state index contributed by atoms with van der Waals surface area (Å²) in [5.41, 5.74) is 8.75. The van der Waals surface area contributed by atoms with Gasteiger partial charge in [-0.1, -0.05) is 123 Å². The third kappa shape index (κ3) is 5.02. The lowest BCUT2D eigenvalue weighted by molar-refractivity contribution is 0.747. The van der Waals surface area contributed by atoms with Gasteiger partial charge in [0, 0.05) is 11.8 Å². The van der Waals surface area contributed by atoms with Gasteiger partial charge in [-0.2, -0.15) is 0 Å². The van der Waals surface area contributed by atoms with Crippen molar-refractivity contribution >= 4 is 0 Å². The van der Waals surface area contributed by atoms with Crippen molar-refractivity contribution in [2.45, 2.75) is 51.4 Å². The Labute approximate surface area is 194 Å². The van der Waals surface area contributed by atoms with Crippen molar-refractivity contribution in [3.05, 3.63) is 143 Å². The van der Waals surface area contributed by atoms with Crippen LogP contribution in [-0.4, -0.2) is 0 Å². The van der Waals surface area contributed by atoms with E-state index in [0.717, 1.165) is 25.7 Å². The first-order valence-electron chi connectivity index (χ1n) is 12.1. The summed E-state index contributed by atoms with van der Waals surface area (Å²) in [6, 6.07) is 40.0. The smallest absolute Gasteiger partial charge is 0.00894 e. The van der Waals surface area contributed by atoms with E-state index in [1.165, 1.54) is 33.4 Å². The zero-order valence-electron chi connectivity index (χ0n) is 19.4. The van der Waals surface area contributed by atoms with E-state index < -0.39 is 0 Å². The third-order valence-corrected chi connectivity index (χ3v) is 6.75. The van der Waals surface area contributed by atoms with Crippen LogP contribution in [0.3, 0.4) is 0 Å². The van der Waals surface area contributed by atoms with Gasteiger partial charge in [-0.3, -0.25) is 0 Å². The van der Waals surface area contributed by atoms with Crippen molar-refractivity contribution in [2.24, 2.45) is 0 Å². The molecule has 2 atom stereocenters. The molecule has 4 aromatic rings. The van der Waals surface area contributed by atoms with Crippen molar-refractivity contribution in [1.29, 1.82) is 0 Å². The van der Waals surface area contributed by atoms with Crippen molar-refractivity contribution in [3.63, 3.8) is 0 Å².